The van der Waals surface area contributed by atoms with Crippen molar-refractivity contribution in [3.05, 3.63) is 60.3 Å². The molecule has 0 bridgehead atoms. The number of rotatable bonds is 9. The second-order valence-corrected chi connectivity index (χ2v) is 12.5. The Morgan fingerprint density at radius 1 is 1.18 bits per heavy atom. The predicted octanol–water partition coefficient (Wildman–Crippen LogP) is 5.46. The van der Waals surface area contributed by atoms with E-state index in [0.29, 0.717) is 29.0 Å². The molecule has 1 aliphatic heterocycles. The van der Waals surface area contributed by atoms with Crippen molar-refractivity contribution >= 4 is 23.1 Å². The smallest absolute Gasteiger partial charge is 0.394 e. The lowest BCUT2D eigenvalue weighted by Gasteiger charge is -2.33. The molecule has 0 radical (unpaired) electrons. The van der Waals surface area contributed by atoms with Gasteiger partial charge in [0.05, 0.1) is 17.6 Å². The number of carbonyl (C=O) groups excluding carboxylic acids is 1. The zero-order valence-corrected chi connectivity index (χ0v) is 23.4. The van der Waals surface area contributed by atoms with Crippen LogP contribution in [0.5, 0.6) is 5.88 Å². The van der Waals surface area contributed by atoms with E-state index in [4.69, 9.17) is 9.72 Å². The number of halogens is 3. The fourth-order valence-electron chi connectivity index (χ4n) is 5.34. The molecule has 3 heterocycles. The van der Waals surface area contributed by atoms with Crippen molar-refractivity contribution in [1.82, 2.24) is 19.5 Å². The Balaban J connectivity index is 1.37. The number of ether oxygens (including phenoxy) is 1. The molecule has 40 heavy (non-hydrogen) atoms. The van der Waals surface area contributed by atoms with E-state index in [1.54, 1.807) is 54.7 Å². The summed E-state index contributed by atoms with van der Waals surface area (Å²) in [6.45, 7) is 6.90. The van der Waals surface area contributed by atoms with Gasteiger partial charge in [-0.05, 0) is 69.7 Å². The number of benzene rings is 1. The lowest BCUT2D eigenvalue weighted by atomic mass is 9.97. The van der Waals surface area contributed by atoms with Gasteiger partial charge in [0, 0.05) is 24.3 Å². The summed E-state index contributed by atoms with van der Waals surface area (Å²) in [6, 6.07) is 13.5. The molecule has 1 amide bonds. The number of hydrogen-bond acceptors (Lipinski definition) is 6. The minimum absolute atomic E-state index is 0.0906. The van der Waals surface area contributed by atoms with Crippen molar-refractivity contribution in [3.63, 3.8) is 0 Å². The molecular weight excluding hydrogens is 543 g/mol. The van der Waals surface area contributed by atoms with Crippen molar-refractivity contribution < 1.29 is 27.3 Å². The average Bonchev–Trinajstić information content (AvgIpc) is 3.47. The van der Waals surface area contributed by atoms with Gasteiger partial charge in [-0.1, -0.05) is 25.1 Å². The number of amides is 1. The van der Waals surface area contributed by atoms with Crippen molar-refractivity contribution in [3.8, 4) is 11.7 Å². The molecule has 214 valence electrons. The van der Waals surface area contributed by atoms with Crippen LogP contribution < -0.4 is 14.4 Å². The summed E-state index contributed by atoms with van der Waals surface area (Å²) in [5, 5.41) is 4.35. The van der Waals surface area contributed by atoms with Gasteiger partial charge in [0.2, 0.25) is 5.88 Å². The standard InChI is InChI=1S/C28H32F3N5O3S/c1-19-17-26(2,3)35(18-19)24-21(25(37)34-40(38)20-7-5-4-6-8-20)9-10-22(32-24)36-15-11-23(33-36)39-16-14-27(12-13-27)28(29,30)31/h4-11,15,19H,12-14,16-18H2,1-3H3,(H,34,37)/t19-,40?/m0/s1. The highest BCUT2D eigenvalue weighted by molar-refractivity contribution is 7.90. The van der Waals surface area contributed by atoms with E-state index >= 15 is 0 Å². The highest BCUT2D eigenvalue weighted by atomic mass is 32.2. The van der Waals surface area contributed by atoms with Crippen molar-refractivity contribution in [2.75, 3.05) is 18.1 Å². The second-order valence-electron chi connectivity index (χ2n) is 11.3. The summed E-state index contributed by atoms with van der Waals surface area (Å²) in [5.74, 6) is 0.889. The van der Waals surface area contributed by atoms with Gasteiger partial charge in [-0.25, -0.2) is 9.67 Å². The van der Waals surface area contributed by atoms with Gasteiger partial charge in [0.25, 0.3) is 5.91 Å². The number of nitrogens with zero attached hydrogens (tertiary/aromatic N) is 4. The Morgan fingerprint density at radius 2 is 1.90 bits per heavy atom. The Kier molecular flexibility index (Phi) is 7.51. The summed E-state index contributed by atoms with van der Waals surface area (Å²) in [6.07, 6.45) is -1.56. The summed E-state index contributed by atoms with van der Waals surface area (Å²) in [5.41, 5.74) is -1.64. The zero-order valence-electron chi connectivity index (χ0n) is 22.6. The lowest BCUT2D eigenvalue weighted by molar-refractivity contribution is -0.190. The molecule has 1 N–H and O–H groups in total. The van der Waals surface area contributed by atoms with Crippen LogP contribution in [0, 0.1) is 11.3 Å². The van der Waals surface area contributed by atoms with Crippen LogP contribution in [-0.4, -0.2) is 50.1 Å². The molecule has 5 rings (SSSR count). The second kappa shape index (κ2) is 10.6. The molecule has 2 fully saturated rings. The molecule has 1 saturated carbocycles. The van der Waals surface area contributed by atoms with Crippen molar-refractivity contribution in [2.24, 2.45) is 11.3 Å². The van der Waals surface area contributed by atoms with Crippen LogP contribution in [0.1, 0.15) is 56.8 Å². The minimum Gasteiger partial charge on any atom is -0.588 e. The first-order chi connectivity index (χ1) is 18.9. The summed E-state index contributed by atoms with van der Waals surface area (Å²) in [7, 11) is 0. The molecule has 1 unspecified atom stereocenters. The van der Waals surface area contributed by atoms with Gasteiger partial charge in [-0.2, -0.15) is 17.9 Å². The number of alkyl halides is 3. The molecule has 1 aromatic carbocycles. The molecule has 3 aromatic rings. The molecule has 1 saturated heterocycles. The van der Waals surface area contributed by atoms with Gasteiger partial charge in [-0.3, -0.25) is 4.79 Å². The Hall–Kier alpha value is -3.25. The molecule has 2 atom stereocenters. The van der Waals surface area contributed by atoms with Crippen LogP contribution in [-0.2, 0) is 11.4 Å². The number of carbonyl (C=O) groups is 1. The summed E-state index contributed by atoms with van der Waals surface area (Å²) in [4.78, 5) is 20.7. The number of aromatic nitrogens is 3. The Bertz CT molecular complexity index is 1360. The Morgan fingerprint density at radius 3 is 2.52 bits per heavy atom. The molecular formula is C28H32F3N5O3S. The topological polar surface area (TPSA) is 95.3 Å². The van der Waals surface area contributed by atoms with Crippen LogP contribution in [0.25, 0.3) is 5.82 Å². The number of anilines is 1. The third-order valence-electron chi connectivity index (χ3n) is 7.66. The van der Waals surface area contributed by atoms with Crippen molar-refractivity contribution in [2.45, 2.75) is 63.1 Å². The van der Waals surface area contributed by atoms with E-state index in [2.05, 4.69) is 35.5 Å². The van der Waals surface area contributed by atoms with Crippen LogP contribution in [0.2, 0.25) is 0 Å². The maximum absolute atomic E-state index is 13.3. The number of nitrogens with one attached hydrogen (secondary N) is 1. The lowest BCUT2D eigenvalue weighted by Crippen LogP contribution is -2.41. The quantitative estimate of drug-likeness (QED) is 0.341. The molecule has 0 spiro atoms. The average molecular weight is 576 g/mol. The molecule has 2 aliphatic rings. The summed E-state index contributed by atoms with van der Waals surface area (Å²) < 4.78 is 62.0. The first kappa shape index (κ1) is 28.3. The fourth-order valence-corrected chi connectivity index (χ4v) is 6.14. The van der Waals surface area contributed by atoms with E-state index in [0.717, 1.165) is 6.42 Å². The first-order valence-corrected chi connectivity index (χ1v) is 14.4. The molecule has 12 heteroatoms. The zero-order chi connectivity index (χ0) is 28.7. The third kappa shape index (κ3) is 5.78. The monoisotopic (exact) mass is 575 g/mol. The van der Waals surface area contributed by atoms with Gasteiger partial charge in [0.1, 0.15) is 17.2 Å². The Labute approximate surface area is 234 Å². The van der Waals surface area contributed by atoms with Gasteiger partial charge < -0.3 is 14.2 Å². The first-order valence-electron chi connectivity index (χ1n) is 13.2. The molecule has 2 aromatic heterocycles. The van der Waals surface area contributed by atoms with Crippen LogP contribution >= 0.6 is 0 Å². The van der Waals surface area contributed by atoms with Gasteiger partial charge in [0.15, 0.2) is 10.7 Å². The number of hydrogen-bond donors (Lipinski definition) is 1. The summed E-state index contributed by atoms with van der Waals surface area (Å²) >= 11 is -1.75. The fraction of sp³-hybridized carbons (Fsp3) is 0.464. The van der Waals surface area contributed by atoms with Crippen LogP contribution in [0.15, 0.2) is 59.6 Å². The highest BCUT2D eigenvalue weighted by Gasteiger charge is 2.62. The van der Waals surface area contributed by atoms with Crippen LogP contribution in [0.4, 0.5) is 19.0 Å². The van der Waals surface area contributed by atoms with Gasteiger partial charge in [-0.15, -0.1) is 5.10 Å². The third-order valence-corrected chi connectivity index (χ3v) is 8.73. The van der Waals surface area contributed by atoms with E-state index in [-0.39, 0.29) is 42.9 Å². The minimum atomic E-state index is -4.22. The SMILES string of the molecule is C[C@@H]1CN(c2nc(-n3ccc(OCCC4(C(F)(F)F)CC4)n3)ccc2C(=O)N[S+]([O-])c2ccccc2)C(C)(C)C1. The maximum atomic E-state index is 13.3. The highest BCUT2D eigenvalue weighted by Crippen LogP contribution is 2.59. The van der Waals surface area contributed by atoms with Crippen molar-refractivity contribution in [1.29, 1.82) is 0 Å². The molecule has 8 nitrogen and oxygen atoms in total. The predicted molar refractivity (Wildman–Crippen MR) is 145 cm³/mol. The van der Waals surface area contributed by atoms with E-state index in [1.807, 2.05) is 0 Å². The van der Waals surface area contributed by atoms with E-state index in [1.165, 1.54) is 4.68 Å². The normalized spacial score (nSPS) is 20.3. The largest absolute Gasteiger partial charge is 0.588 e. The van der Waals surface area contributed by atoms with E-state index < -0.39 is 28.9 Å². The number of pyridine rings is 1. The maximum Gasteiger partial charge on any atom is 0.394 e. The van der Waals surface area contributed by atoms with E-state index in [9.17, 15) is 22.5 Å². The molecule has 1 aliphatic carbocycles. The van der Waals surface area contributed by atoms with Gasteiger partial charge >= 0.3 is 6.18 Å². The van der Waals surface area contributed by atoms with Crippen LogP contribution in [0.3, 0.4) is 0 Å².